The molecule has 0 bridgehead atoms. The van der Waals surface area contributed by atoms with Crippen LogP contribution < -0.4 is 4.74 Å². The molecule has 8 nitrogen and oxygen atoms in total. The monoisotopic (exact) mass is 451 g/mol. The number of ether oxygens (including phenoxy) is 1. The van der Waals surface area contributed by atoms with Gasteiger partial charge in [0.1, 0.15) is 18.1 Å². The molecule has 2 aromatic heterocycles. The number of rotatable bonds is 7. The summed E-state index contributed by atoms with van der Waals surface area (Å²) in [5.41, 5.74) is 5.57. The lowest BCUT2D eigenvalue weighted by Crippen LogP contribution is -2.48. The van der Waals surface area contributed by atoms with Gasteiger partial charge in [0, 0.05) is 51.0 Å². The summed E-state index contributed by atoms with van der Waals surface area (Å²) in [7, 11) is 0. The van der Waals surface area contributed by atoms with Crippen molar-refractivity contribution < 1.29 is 14.1 Å². The topological polar surface area (TPSA) is 76.6 Å². The Morgan fingerprint density at radius 2 is 1.88 bits per heavy atom. The van der Waals surface area contributed by atoms with Crippen molar-refractivity contribution in [2.45, 2.75) is 54.3 Å². The van der Waals surface area contributed by atoms with Gasteiger partial charge in [0.25, 0.3) is 5.91 Å². The Bertz CT molecular complexity index is 1130. The fraction of sp³-hybridized carbons (Fsp3) is 0.480. The van der Waals surface area contributed by atoms with Crippen molar-refractivity contribution in [1.82, 2.24) is 24.7 Å². The molecule has 1 saturated heterocycles. The fourth-order valence-electron chi connectivity index (χ4n) is 4.12. The van der Waals surface area contributed by atoms with Gasteiger partial charge < -0.3 is 14.2 Å². The molecule has 0 N–H and O–H groups in total. The number of hydrogen-bond acceptors (Lipinski definition) is 6. The van der Waals surface area contributed by atoms with E-state index < -0.39 is 0 Å². The van der Waals surface area contributed by atoms with Gasteiger partial charge in [-0.25, -0.2) is 0 Å². The number of aryl methyl sites for hydroxylation is 5. The van der Waals surface area contributed by atoms with E-state index in [9.17, 15) is 4.79 Å². The lowest BCUT2D eigenvalue weighted by atomic mass is 10.1. The van der Waals surface area contributed by atoms with Crippen LogP contribution >= 0.6 is 0 Å². The van der Waals surface area contributed by atoms with Crippen molar-refractivity contribution in [3.8, 4) is 5.75 Å². The van der Waals surface area contributed by atoms with Gasteiger partial charge >= 0.3 is 0 Å². The first kappa shape index (κ1) is 23.0. The minimum Gasteiger partial charge on any atom is -0.488 e. The third-order valence-electron chi connectivity index (χ3n) is 6.33. The average Bonchev–Trinajstić information content (AvgIpc) is 3.36. The molecule has 8 heteroatoms. The standard InChI is InChI=1S/C25H33N5O3/c1-6-30-15-21(19(4)26-30)14-28-9-11-29(12-10-28)25(31)24-22(20(5)33-27-24)16-32-23-13-17(2)7-8-18(23)3/h7-8,13,15H,6,9-12,14,16H2,1-5H3. The van der Waals surface area contributed by atoms with E-state index in [-0.39, 0.29) is 12.5 Å². The summed E-state index contributed by atoms with van der Waals surface area (Å²) in [6.07, 6.45) is 2.12. The van der Waals surface area contributed by atoms with E-state index in [1.807, 2.05) is 42.5 Å². The van der Waals surface area contributed by atoms with E-state index in [2.05, 4.69) is 41.3 Å². The maximum absolute atomic E-state index is 13.2. The third kappa shape index (κ3) is 5.11. The maximum atomic E-state index is 13.2. The molecule has 3 aromatic rings. The van der Waals surface area contributed by atoms with Crippen LogP contribution in [0.15, 0.2) is 28.9 Å². The number of amides is 1. The van der Waals surface area contributed by atoms with Crippen LogP contribution in [0.1, 0.15) is 51.1 Å². The number of benzene rings is 1. The van der Waals surface area contributed by atoms with Gasteiger partial charge in [-0.05, 0) is 51.8 Å². The minimum absolute atomic E-state index is 0.0963. The zero-order valence-electron chi connectivity index (χ0n) is 20.2. The molecule has 0 unspecified atom stereocenters. The molecule has 0 saturated carbocycles. The number of hydrogen-bond donors (Lipinski definition) is 0. The fourth-order valence-corrected chi connectivity index (χ4v) is 4.12. The molecule has 1 amide bonds. The maximum Gasteiger partial charge on any atom is 0.276 e. The quantitative estimate of drug-likeness (QED) is 0.546. The third-order valence-corrected chi connectivity index (χ3v) is 6.33. The van der Waals surface area contributed by atoms with Crippen LogP contribution in [0.3, 0.4) is 0 Å². The second kappa shape index (κ2) is 9.79. The first-order valence-electron chi connectivity index (χ1n) is 11.6. The molecule has 4 rings (SSSR count). The minimum atomic E-state index is -0.0963. The Balaban J connectivity index is 1.38. The van der Waals surface area contributed by atoms with Crippen LogP contribution in [0.4, 0.5) is 0 Å². The Kier molecular flexibility index (Phi) is 6.83. The van der Waals surface area contributed by atoms with Crippen LogP contribution in [0, 0.1) is 27.7 Å². The summed E-state index contributed by atoms with van der Waals surface area (Å²) in [6, 6.07) is 6.09. The zero-order valence-corrected chi connectivity index (χ0v) is 20.2. The van der Waals surface area contributed by atoms with E-state index in [1.54, 1.807) is 0 Å². The summed E-state index contributed by atoms with van der Waals surface area (Å²) in [6.45, 7) is 14.9. The molecule has 0 spiro atoms. The Morgan fingerprint density at radius 3 is 2.58 bits per heavy atom. The van der Waals surface area contributed by atoms with Gasteiger partial charge in [-0.3, -0.25) is 14.4 Å². The van der Waals surface area contributed by atoms with Gasteiger partial charge in [0.2, 0.25) is 0 Å². The molecular weight excluding hydrogens is 418 g/mol. The van der Waals surface area contributed by atoms with E-state index in [4.69, 9.17) is 9.26 Å². The van der Waals surface area contributed by atoms with Crippen molar-refractivity contribution in [2.75, 3.05) is 26.2 Å². The summed E-state index contributed by atoms with van der Waals surface area (Å²) in [4.78, 5) is 17.5. The van der Waals surface area contributed by atoms with Crippen LogP contribution in [0.25, 0.3) is 0 Å². The summed E-state index contributed by atoms with van der Waals surface area (Å²) < 4.78 is 13.4. The van der Waals surface area contributed by atoms with Crippen molar-refractivity contribution in [3.63, 3.8) is 0 Å². The van der Waals surface area contributed by atoms with Gasteiger partial charge in [-0.15, -0.1) is 0 Å². The molecule has 1 aliphatic heterocycles. The van der Waals surface area contributed by atoms with Gasteiger partial charge in [-0.2, -0.15) is 5.10 Å². The first-order valence-corrected chi connectivity index (χ1v) is 11.6. The van der Waals surface area contributed by atoms with Gasteiger partial charge in [0.15, 0.2) is 5.69 Å². The van der Waals surface area contributed by atoms with Crippen molar-refractivity contribution in [1.29, 1.82) is 0 Å². The predicted molar refractivity (Wildman–Crippen MR) is 125 cm³/mol. The van der Waals surface area contributed by atoms with E-state index in [1.165, 1.54) is 5.56 Å². The molecule has 176 valence electrons. The molecule has 0 atom stereocenters. The molecular formula is C25H33N5O3. The SMILES string of the molecule is CCn1cc(CN2CCN(C(=O)c3noc(C)c3COc3cc(C)ccc3C)CC2)c(C)n1. The molecule has 1 aromatic carbocycles. The summed E-state index contributed by atoms with van der Waals surface area (Å²) in [5.74, 6) is 1.33. The Labute approximate surface area is 195 Å². The lowest BCUT2D eigenvalue weighted by molar-refractivity contribution is 0.0616. The largest absolute Gasteiger partial charge is 0.488 e. The lowest BCUT2D eigenvalue weighted by Gasteiger charge is -2.34. The zero-order chi connectivity index (χ0) is 23.5. The van der Waals surface area contributed by atoms with Gasteiger partial charge in [-0.1, -0.05) is 17.3 Å². The van der Waals surface area contributed by atoms with Crippen LogP contribution in [-0.4, -0.2) is 56.8 Å². The molecule has 1 aliphatic rings. The summed E-state index contributed by atoms with van der Waals surface area (Å²) >= 11 is 0. The normalized spacial score (nSPS) is 14.6. The highest BCUT2D eigenvalue weighted by Crippen LogP contribution is 2.23. The van der Waals surface area contributed by atoms with Crippen molar-refractivity contribution in [3.05, 3.63) is 63.8 Å². The molecule has 3 heterocycles. The summed E-state index contributed by atoms with van der Waals surface area (Å²) in [5, 5.41) is 8.62. The highest BCUT2D eigenvalue weighted by atomic mass is 16.5. The molecule has 0 aliphatic carbocycles. The van der Waals surface area contributed by atoms with E-state index in [0.717, 1.165) is 48.7 Å². The molecule has 33 heavy (non-hydrogen) atoms. The molecule has 1 fully saturated rings. The number of carbonyl (C=O) groups is 1. The predicted octanol–water partition coefficient (Wildman–Crippen LogP) is 3.66. The average molecular weight is 452 g/mol. The van der Waals surface area contributed by atoms with Crippen molar-refractivity contribution in [2.24, 2.45) is 0 Å². The first-order chi connectivity index (χ1) is 15.9. The smallest absolute Gasteiger partial charge is 0.276 e. The van der Waals surface area contributed by atoms with Crippen LogP contribution in [0.2, 0.25) is 0 Å². The number of carbonyl (C=O) groups excluding carboxylic acids is 1. The van der Waals surface area contributed by atoms with Gasteiger partial charge in [0.05, 0.1) is 11.3 Å². The van der Waals surface area contributed by atoms with Crippen molar-refractivity contribution >= 4 is 5.91 Å². The number of piperazine rings is 1. The Morgan fingerprint density at radius 1 is 1.12 bits per heavy atom. The Hall–Kier alpha value is -3.13. The van der Waals surface area contributed by atoms with Crippen LogP contribution in [0.5, 0.6) is 5.75 Å². The van der Waals surface area contributed by atoms with Crippen LogP contribution in [-0.2, 0) is 19.7 Å². The second-order valence-electron chi connectivity index (χ2n) is 8.79. The number of nitrogens with zero attached hydrogens (tertiary/aromatic N) is 5. The number of aromatic nitrogens is 3. The van der Waals surface area contributed by atoms with E-state index >= 15 is 0 Å². The second-order valence-corrected chi connectivity index (χ2v) is 8.79. The highest BCUT2D eigenvalue weighted by molar-refractivity contribution is 5.93. The highest BCUT2D eigenvalue weighted by Gasteiger charge is 2.28. The van der Waals surface area contributed by atoms with E-state index in [0.29, 0.717) is 30.1 Å². The molecule has 0 radical (unpaired) electrons.